The first-order valence-corrected chi connectivity index (χ1v) is 11.3. The maximum Gasteiger partial charge on any atom is 0.116 e. The van der Waals surface area contributed by atoms with Gasteiger partial charge in [0.15, 0.2) is 0 Å². The highest BCUT2D eigenvalue weighted by molar-refractivity contribution is 5.54. The molecule has 3 aromatic carbocycles. The zero-order chi connectivity index (χ0) is 25.3. The summed E-state index contributed by atoms with van der Waals surface area (Å²) in [7, 11) is 0. The summed E-state index contributed by atoms with van der Waals surface area (Å²) >= 11 is 0. The maximum atomic E-state index is 10.0. The van der Waals surface area contributed by atoms with Crippen LogP contribution in [0.25, 0.3) is 0 Å². The van der Waals surface area contributed by atoms with Crippen molar-refractivity contribution >= 4 is 0 Å². The summed E-state index contributed by atoms with van der Waals surface area (Å²) in [5, 5.41) is 60.0. The number of aliphatic hydroxyl groups excluding tert-OH is 4. The number of phenolic OH excluding ortho intramolecular Hbond substituents is 2. The average Bonchev–Trinajstić information content (AvgIpc) is 2.82. The van der Waals surface area contributed by atoms with Gasteiger partial charge in [-0.25, -0.2) is 0 Å². The molecule has 0 atom stereocenters. The fraction of sp³-hybridized carbons (Fsp3) is 0.357. The van der Waals surface area contributed by atoms with E-state index in [0.29, 0.717) is 22.3 Å². The molecule has 0 aliphatic heterocycles. The third kappa shape index (κ3) is 4.55. The molecule has 6 heteroatoms. The van der Waals surface area contributed by atoms with Crippen LogP contribution in [-0.4, -0.2) is 30.6 Å². The molecule has 0 heterocycles. The van der Waals surface area contributed by atoms with Gasteiger partial charge in [-0.05, 0) is 68.8 Å². The van der Waals surface area contributed by atoms with Gasteiger partial charge in [0.2, 0.25) is 0 Å². The Bertz CT molecular complexity index is 1040. The first kappa shape index (κ1) is 25.7. The second-order valence-corrected chi connectivity index (χ2v) is 9.74. The van der Waals surface area contributed by atoms with Crippen LogP contribution < -0.4 is 0 Å². The van der Waals surface area contributed by atoms with E-state index in [4.69, 9.17) is 0 Å². The molecule has 0 aliphatic rings. The minimum atomic E-state index is -0.621. The zero-order valence-corrected chi connectivity index (χ0v) is 20.1. The number of aliphatic hydroxyl groups is 4. The molecule has 0 spiro atoms. The van der Waals surface area contributed by atoms with Gasteiger partial charge in [-0.1, -0.05) is 52.0 Å². The van der Waals surface area contributed by atoms with Crippen LogP contribution in [0.5, 0.6) is 11.5 Å². The molecule has 0 fully saturated rings. The van der Waals surface area contributed by atoms with E-state index in [1.807, 2.05) is 52.0 Å². The summed E-state index contributed by atoms with van der Waals surface area (Å²) in [5.74, 6) is -0.0224. The number of hydrogen-bond donors (Lipinski definition) is 6. The smallest absolute Gasteiger partial charge is 0.116 e. The Morgan fingerprint density at radius 2 is 0.824 bits per heavy atom. The Morgan fingerprint density at radius 3 is 1.09 bits per heavy atom. The van der Waals surface area contributed by atoms with Crippen molar-refractivity contribution in [3.05, 3.63) is 93.0 Å². The van der Waals surface area contributed by atoms with Crippen molar-refractivity contribution < 1.29 is 30.6 Å². The fourth-order valence-electron chi connectivity index (χ4n) is 5.19. The third-order valence-electron chi connectivity index (χ3n) is 6.81. The van der Waals surface area contributed by atoms with E-state index in [2.05, 4.69) is 0 Å². The minimum Gasteiger partial charge on any atom is -0.508 e. The highest BCUT2D eigenvalue weighted by Crippen LogP contribution is 2.42. The molecule has 3 rings (SSSR count). The van der Waals surface area contributed by atoms with Crippen LogP contribution in [0.15, 0.2) is 48.5 Å². The van der Waals surface area contributed by atoms with Crippen molar-refractivity contribution in [3.8, 4) is 11.5 Å². The van der Waals surface area contributed by atoms with Gasteiger partial charge in [0.1, 0.15) is 11.5 Å². The number of benzene rings is 3. The van der Waals surface area contributed by atoms with Gasteiger partial charge in [-0.3, -0.25) is 0 Å². The van der Waals surface area contributed by atoms with Gasteiger partial charge in [-0.15, -0.1) is 0 Å². The molecule has 3 aromatic rings. The first-order valence-electron chi connectivity index (χ1n) is 11.3. The van der Waals surface area contributed by atoms with E-state index >= 15 is 0 Å². The number of hydrogen-bond acceptors (Lipinski definition) is 6. The van der Waals surface area contributed by atoms with Gasteiger partial charge in [0.25, 0.3) is 0 Å². The highest BCUT2D eigenvalue weighted by Gasteiger charge is 2.33. The molecule has 0 bridgehead atoms. The van der Waals surface area contributed by atoms with Crippen molar-refractivity contribution in [1.29, 1.82) is 0 Å². The van der Waals surface area contributed by atoms with Crippen LogP contribution in [0, 0.1) is 0 Å². The summed E-state index contributed by atoms with van der Waals surface area (Å²) in [5.41, 5.74) is 4.30. The Labute approximate surface area is 200 Å². The normalized spacial score (nSPS) is 12.2. The molecule has 0 aromatic heterocycles. The Hall–Kier alpha value is -2.90. The Balaban J connectivity index is 2.21. The van der Waals surface area contributed by atoms with Gasteiger partial charge in [-0.2, -0.15) is 0 Å². The Kier molecular flexibility index (Phi) is 7.38. The zero-order valence-electron chi connectivity index (χ0n) is 20.1. The van der Waals surface area contributed by atoms with Gasteiger partial charge in [0.05, 0.1) is 26.4 Å². The molecule has 6 N–H and O–H groups in total. The predicted molar refractivity (Wildman–Crippen MR) is 131 cm³/mol. The van der Waals surface area contributed by atoms with Gasteiger partial charge in [0, 0.05) is 10.8 Å². The standard InChI is InChI=1S/C28H34O6/c1-27(2,25-17(13-29)8-23(33)9-18(25)14-30)21-6-5-7-22(12-21)28(3,4)26-19(15-31)10-24(34)11-20(26)16-32/h5-12,29-34H,13-16H2,1-4H3. The molecule has 0 saturated carbocycles. The van der Waals surface area contributed by atoms with Crippen LogP contribution in [-0.2, 0) is 37.3 Å². The van der Waals surface area contributed by atoms with Crippen molar-refractivity contribution in [2.45, 2.75) is 65.0 Å². The summed E-state index contributed by atoms with van der Waals surface area (Å²) in [4.78, 5) is 0. The van der Waals surface area contributed by atoms with Crippen LogP contribution in [0.2, 0.25) is 0 Å². The SMILES string of the molecule is CC(C)(c1cccc(C(C)(C)c2c(CO)cc(O)cc2CO)c1)c1c(CO)cc(O)cc1CO. The van der Waals surface area contributed by atoms with E-state index in [-0.39, 0.29) is 37.9 Å². The summed E-state index contributed by atoms with van der Waals surface area (Å²) < 4.78 is 0. The fourth-order valence-corrected chi connectivity index (χ4v) is 5.19. The van der Waals surface area contributed by atoms with Gasteiger partial charge < -0.3 is 30.6 Å². The lowest BCUT2D eigenvalue weighted by Gasteiger charge is -2.34. The highest BCUT2D eigenvalue weighted by atomic mass is 16.3. The van der Waals surface area contributed by atoms with Crippen LogP contribution in [0.4, 0.5) is 0 Å². The van der Waals surface area contributed by atoms with Crippen molar-refractivity contribution in [2.75, 3.05) is 0 Å². The predicted octanol–water partition coefficient (Wildman–Crippen LogP) is 3.72. The quantitative estimate of drug-likeness (QED) is 0.301. The summed E-state index contributed by atoms with van der Waals surface area (Å²) in [6.45, 7) is 6.89. The molecule has 0 amide bonds. The summed E-state index contributed by atoms with van der Waals surface area (Å²) in [6.07, 6.45) is 0. The van der Waals surface area contributed by atoms with Crippen molar-refractivity contribution in [3.63, 3.8) is 0 Å². The monoisotopic (exact) mass is 466 g/mol. The average molecular weight is 467 g/mol. The van der Waals surface area contributed by atoms with Crippen molar-refractivity contribution in [1.82, 2.24) is 0 Å². The lowest BCUT2D eigenvalue weighted by molar-refractivity contribution is 0.268. The minimum absolute atomic E-state index is 0.0112. The molecule has 0 radical (unpaired) electrons. The van der Waals surface area contributed by atoms with Crippen LogP contribution in [0.3, 0.4) is 0 Å². The van der Waals surface area contributed by atoms with Crippen LogP contribution in [0.1, 0.15) is 72.2 Å². The maximum absolute atomic E-state index is 10.0. The number of rotatable bonds is 8. The molecule has 0 saturated heterocycles. The molecule has 182 valence electrons. The summed E-state index contributed by atoms with van der Waals surface area (Å²) in [6, 6.07) is 14.0. The van der Waals surface area contributed by atoms with E-state index in [1.165, 1.54) is 24.3 Å². The lowest BCUT2D eigenvalue weighted by atomic mass is 9.70. The molecule has 34 heavy (non-hydrogen) atoms. The Morgan fingerprint density at radius 1 is 0.529 bits per heavy atom. The van der Waals surface area contributed by atoms with Gasteiger partial charge >= 0.3 is 0 Å². The number of phenols is 2. The molecular weight excluding hydrogens is 432 g/mol. The largest absolute Gasteiger partial charge is 0.508 e. The van der Waals surface area contributed by atoms with Crippen molar-refractivity contribution in [2.24, 2.45) is 0 Å². The van der Waals surface area contributed by atoms with E-state index < -0.39 is 10.8 Å². The second-order valence-electron chi connectivity index (χ2n) is 9.74. The van der Waals surface area contributed by atoms with E-state index in [9.17, 15) is 30.6 Å². The van der Waals surface area contributed by atoms with Crippen LogP contribution >= 0.6 is 0 Å². The molecule has 6 nitrogen and oxygen atoms in total. The van der Waals surface area contributed by atoms with E-state index in [1.54, 1.807) is 0 Å². The third-order valence-corrected chi connectivity index (χ3v) is 6.81. The van der Waals surface area contributed by atoms with E-state index in [0.717, 1.165) is 22.3 Å². The molecule has 0 unspecified atom stereocenters. The molecular formula is C28H34O6. The number of aromatic hydroxyl groups is 2. The topological polar surface area (TPSA) is 121 Å². The molecule has 0 aliphatic carbocycles. The lowest BCUT2D eigenvalue weighted by Crippen LogP contribution is -2.27. The first-order chi connectivity index (χ1) is 16.0. The second kappa shape index (κ2) is 9.76.